The fourth-order valence-corrected chi connectivity index (χ4v) is 3.40. The molecule has 1 atom stereocenters. The zero-order valence-corrected chi connectivity index (χ0v) is 14.6. The second-order valence-corrected chi connectivity index (χ2v) is 6.53. The number of carbonyl (C=O) groups excluding carboxylic acids is 2. The van der Waals surface area contributed by atoms with Crippen molar-refractivity contribution in [3.63, 3.8) is 0 Å². The number of hydrogen-bond donors (Lipinski definition) is 1. The summed E-state index contributed by atoms with van der Waals surface area (Å²) in [5, 5.41) is 2.85. The summed E-state index contributed by atoms with van der Waals surface area (Å²) < 4.78 is 0. The Morgan fingerprint density at radius 1 is 1.12 bits per heavy atom. The van der Waals surface area contributed by atoms with Gasteiger partial charge in [0, 0.05) is 25.1 Å². The molecule has 2 aromatic rings. The highest BCUT2D eigenvalue weighted by Crippen LogP contribution is 2.32. The van der Waals surface area contributed by atoms with E-state index in [-0.39, 0.29) is 17.9 Å². The SMILES string of the molecule is Cc1cccc(C(=O)NCCC(=O)N2CCCC2c2ccccc2)c1. The fraction of sp³-hybridized carbons (Fsp3) is 0.333. The normalized spacial score (nSPS) is 16.7. The van der Waals surface area contributed by atoms with Gasteiger partial charge >= 0.3 is 0 Å². The molecule has 4 nitrogen and oxygen atoms in total. The summed E-state index contributed by atoms with van der Waals surface area (Å²) in [7, 11) is 0. The molecule has 4 heteroatoms. The molecule has 1 aliphatic heterocycles. The van der Waals surface area contributed by atoms with Gasteiger partial charge in [0.1, 0.15) is 0 Å². The number of nitrogens with one attached hydrogen (secondary N) is 1. The highest BCUT2D eigenvalue weighted by molar-refractivity contribution is 5.94. The Balaban J connectivity index is 1.53. The molecule has 0 radical (unpaired) electrons. The Hall–Kier alpha value is -2.62. The van der Waals surface area contributed by atoms with Crippen LogP contribution in [-0.4, -0.2) is 29.8 Å². The highest BCUT2D eigenvalue weighted by Gasteiger charge is 2.29. The average molecular weight is 336 g/mol. The summed E-state index contributed by atoms with van der Waals surface area (Å²) in [6.45, 7) is 3.12. The molecule has 1 heterocycles. The first kappa shape index (κ1) is 17.2. The van der Waals surface area contributed by atoms with Gasteiger partial charge in [-0.25, -0.2) is 0 Å². The Bertz CT molecular complexity index is 743. The Morgan fingerprint density at radius 2 is 1.92 bits per heavy atom. The second kappa shape index (κ2) is 7.97. The van der Waals surface area contributed by atoms with Crippen molar-refractivity contribution >= 4 is 11.8 Å². The van der Waals surface area contributed by atoms with Crippen LogP contribution in [0.25, 0.3) is 0 Å². The van der Waals surface area contributed by atoms with Crippen LogP contribution >= 0.6 is 0 Å². The van der Waals surface area contributed by atoms with Crippen molar-refractivity contribution in [2.24, 2.45) is 0 Å². The second-order valence-electron chi connectivity index (χ2n) is 6.53. The van der Waals surface area contributed by atoms with Gasteiger partial charge in [-0.1, -0.05) is 48.0 Å². The van der Waals surface area contributed by atoms with Crippen molar-refractivity contribution < 1.29 is 9.59 Å². The summed E-state index contributed by atoms with van der Waals surface area (Å²) in [4.78, 5) is 26.7. The van der Waals surface area contributed by atoms with Crippen LogP contribution < -0.4 is 5.32 Å². The monoisotopic (exact) mass is 336 g/mol. The topological polar surface area (TPSA) is 49.4 Å². The molecule has 1 aliphatic rings. The molecule has 1 fully saturated rings. The summed E-state index contributed by atoms with van der Waals surface area (Å²) in [6.07, 6.45) is 2.37. The van der Waals surface area contributed by atoms with Gasteiger partial charge in [-0.3, -0.25) is 9.59 Å². The molecule has 0 bridgehead atoms. The average Bonchev–Trinajstić information content (AvgIpc) is 3.12. The van der Waals surface area contributed by atoms with Crippen molar-refractivity contribution in [3.8, 4) is 0 Å². The first-order valence-corrected chi connectivity index (χ1v) is 8.84. The minimum absolute atomic E-state index is 0.107. The van der Waals surface area contributed by atoms with Crippen LogP contribution in [0, 0.1) is 6.92 Å². The van der Waals surface area contributed by atoms with E-state index in [1.807, 2.05) is 48.2 Å². The number of rotatable bonds is 5. The predicted molar refractivity (Wildman–Crippen MR) is 98.3 cm³/mol. The Kier molecular flexibility index (Phi) is 5.49. The van der Waals surface area contributed by atoms with Gasteiger partial charge in [0.15, 0.2) is 0 Å². The lowest BCUT2D eigenvalue weighted by molar-refractivity contribution is -0.132. The van der Waals surface area contributed by atoms with E-state index in [0.29, 0.717) is 18.5 Å². The van der Waals surface area contributed by atoms with Crippen molar-refractivity contribution in [2.45, 2.75) is 32.2 Å². The number of nitrogens with zero attached hydrogens (tertiary/aromatic N) is 1. The van der Waals surface area contributed by atoms with E-state index in [0.717, 1.165) is 24.9 Å². The summed E-state index contributed by atoms with van der Waals surface area (Å²) in [5.74, 6) is -0.0200. The molecule has 1 N–H and O–H groups in total. The number of carbonyl (C=O) groups is 2. The third-order valence-electron chi connectivity index (χ3n) is 4.66. The molecule has 1 saturated heterocycles. The first-order valence-electron chi connectivity index (χ1n) is 8.84. The van der Waals surface area contributed by atoms with Gasteiger partial charge in [0.05, 0.1) is 6.04 Å². The van der Waals surface area contributed by atoms with Crippen LogP contribution in [-0.2, 0) is 4.79 Å². The van der Waals surface area contributed by atoms with Gasteiger partial charge in [0.2, 0.25) is 5.91 Å². The van der Waals surface area contributed by atoms with Crippen LogP contribution in [0.4, 0.5) is 0 Å². The lowest BCUT2D eigenvalue weighted by Gasteiger charge is -2.25. The molecule has 25 heavy (non-hydrogen) atoms. The number of likely N-dealkylation sites (tertiary alicyclic amines) is 1. The van der Waals surface area contributed by atoms with E-state index in [1.165, 1.54) is 5.56 Å². The van der Waals surface area contributed by atoms with E-state index in [2.05, 4.69) is 17.4 Å². The molecular weight excluding hydrogens is 312 g/mol. The lowest BCUT2D eigenvalue weighted by atomic mass is 10.0. The number of benzene rings is 2. The third-order valence-corrected chi connectivity index (χ3v) is 4.66. The molecule has 2 amide bonds. The Labute approximate surface area is 148 Å². The van der Waals surface area contributed by atoms with Crippen LogP contribution in [0.2, 0.25) is 0 Å². The summed E-state index contributed by atoms with van der Waals surface area (Å²) >= 11 is 0. The van der Waals surface area contributed by atoms with Crippen LogP contribution in [0.15, 0.2) is 54.6 Å². The first-order chi connectivity index (χ1) is 12.1. The molecule has 0 aromatic heterocycles. The minimum Gasteiger partial charge on any atom is -0.352 e. The molecule has 2 aromatic carbocycles. The van der Waals surface area contributed by atoms with E-state index < -0.39 is 0 Å². The van der Waals surface area contributed by atoms with Gasteiger partial charge in [0.25, 0.3) is 5.91 Å². The molecule has 0 spiro atoms. The Morgan fingerprint density at radius 3 is 2.68 bits per heavy atom. The number of amides is 2. The van der Waals surface area contributed by atoms with Crippen LogP contribution in [0.1, 0.15) is 46.8 Å². The highest BCUT2D eigenvalue weighted by atomic mass is 16.2. The molecule has 1 unspecified atom stereocenters. The van der Waals surface area contributed by atoms with E-state index in [4.69, 9.17) is 0 Å². The zero-order chi connectivity index (χ0) is 17.6. The van der Waals surface area contributed by atoms with E-state index in [1.54, 1.807) is 6.07 Å². The molecule has 0 aliphatic carbocycles. The summed E-state index contributed by atoms with van der Waals surface area (Å²) in [6, 6.07) is 17.8. The molecule has 130 valence electrons. The van der Waals surface area contributed by atoms with Gasteiger partial charge in [-0.15, -0.1) is 0 Å². The standard InChI is InChI=1S/C21H24N2O2/c1-16-7-5-10-18(15-16)21(25)22-13-12-20(24)23-14-6-11-19(23)17-8-3-2-4-9-17/h2-5,7-10,15,19H,6,11-14H2,1H3,(H,22,25). The van der Waals surface area contributed by atoms with Crippen LogP contribution in [0.5, 0.6) is 0 Å². The summed E-state index contributed by atoms with van der Waals surface area (Å²) in [5.41, 5.74) is 2.87. The zero-order valence-electron chi connectivity index (χ0n) is 14.6. The molecular formula is C21H24N2O2. The van der Waals surface area contributed by atoms with Crippen molar-refractivity contribution in [1.82, 2.24) is 10.2 Å². The lowest BCUT2D eigenvalue weighted by Crippen LogP contribution is -2.34. The predicted octanol–water partition coefficient (Wildman–Crippen LogP) is 3.48. The van der Waals surface area contributed by atoms with Crippen molar-refractivity contribution in [2.75, 3.05) is 13.1 Å². The third kappa shape index (κ3) is 4.27. The quantitative estimate of drug-likeness (QED) is 0.909. The van der Waals surface area contributed by atoms with Crippen LogP contribution in [0.3, 0.4) is 0 Å². The van der Waals surface area contributed by atoms with E-state index in [9.17, 15) is 9.59 Å². The van der Waals surface area contributed by atoms with Gasteiger partial charge in [-0.2, -0.15) is 0 Å². The molecule has 3 rings (SSSR count). The number of aryl methyl sites for hydroxylation is 1. The maximum Gasteiger partial charge on any atom is 0.251 e. The minimum atomic E-state index is -0.127. The van der Waals surface area contributed by atoms with Gasteiger partial charge < -0.3 is 10.2 Å². The molecule has 0 saturated carbocycles. The largest absolute Gasteiger partial charge is 0.352 e. The maximum absolute atomic E-state index is 12.6. The van der Waals surface area contributed by atoms with Gasteiger partial charge in [-0.05, 0) is 37.5 Å². The smallest absolute Gasteiger partial charge is 0.251 e. The maximum atomic E-state index is 12.6. The van der Waals surface area contributed by atoms with Crippen molar-refractivity contribution in [1.29, 1.82) is 0 Å². The fourth-order valence-electron chi connectivity index (χ4n) is 3.40. The van der Waals surface area contributed by atoms with E-state index >= 15 is 0 Å². The van der Waals surface area contributed by atoms with Crippen molar-refractivity contribution in [3.05, 3.63) is 71.3 Å². The number of hydrogen-bond acceptors (Lipinski definition) is 2.